The van der Waals surface area contributed by atoms with Crippen LogP contribution >= 0.6 is 23.8 Å². The van der Waals surface area contributed by atoms with Crippen molar-refractivity contribution in [3.8, 4) is 0 Å². The third kappa shape index (κ3) is 2.92. The van der Waals surface area contributed by atoms with Crippen molar-refractivity contribution in [2.45, 2.75) is 6.92 Å². The normalized spacial score (nSPS) is 10.4. The van der Waals surface area contributed by atoms with Gasteiger partial charge >= 0.3 is 0 Å². The van der Waals surface area contributed by atoms with E-state index in [4.69, 9.17) is 12.2 Å². The molecular formula is C14H12N4S2. The number of benzene rings is 2. The van der Waals surface area contributed by atoms with Crippen LogP contribution in [-0.4, -0.2) is 14.7 Å². The molecule has 0 aliphatic carbocycles. The summed E-state index contributed by atoms with van der Waals surface area (Å²) in [6.45, 7) is 2.05. The average Bonchev–Trinajstić information content (AvgIpc) is 2.89. The average molecular weight is 300 g/mol. The van der Waals surface area contributed by atoms with E-state index in [-0.39, 0.29) is 0 Å². The third-order valence-corrected chi connectivity index (χ3v) is 3.72. The topological polar surface area (TPSA) is 49.8 Å². The van der Waals surface area contributed by atoms with Crippen molar-refractivity contribution in [2.24, 2.45) is 0 Å². The quantitative estimate of drug-likeness (QED) is 0.705. The number of aryl methyl sites for hydroxylation is 1. The van der Waals surface area contributed by atoms with Gasteiger partial charge in [0, 0.05) is 11.4 Å². The Bertz CT molecular complexity index is 749. The Balaban J connectivity index is 1.70. The lowest BCUT2D eigenvalue weighted by Gasteiger charge is -2.10. The van der Waals surface area contributed by atoms with Crippen molar-refractivity contribution < 1.29 is 0 Å². The smallest absolute Gasteiger partial charge is 0.175 e. The van der Waals surface area contributed by atoms with Crippen LogP contribution in [0.3, 0.4) is 0 Å². The van der Waals surface area contributed by atoms with Crippen LogP contribution in [0.5, 0.6) is 0 Å². The fourth-order valence-corrected chi connectivity index (χ4v) is 2.56. The molecule has 2 aromatic carbocycles. The first kappa shape index (κ1) is 13.0. The predicted octanol–water partition coefficient (Wildman–Crippen LogP) is 3.81. The summed E-state index contributed by atoms with van der Waals surface area (Å²) in [5.74, 6) is 0. The van der Waals surface area contributed by atoms with Crippen LogP contribution in [-0.2, 0) is 0 Å². The molecule has 4 nitrogen and oxygen atoms in total. The minimum Gasteiger partial charge on any atom is -0.332 e. The maximum Gasteiger partial charge on any atom is 0.175 e. The zero-order valence-electron chi connectivity index (χ0n) is 10.8. The summed E-state index contributed by atoms with van der Waals surface area (Å²) in [4.78, 5) is 0. The molecule has 0 saturated carbocycles. The molecule has 0 fully saturated rings. The molecule has 0 saturated heterocycles. The van der Waals surface area contributed by atoms with Crippen LogP contribution in [0.25, 0.3) is 10.2 Å². The van der Waals surface area contributed by atoms with Gasteiger partial charge in [-0.2, -0.15) is 0 Å². The Kier molecular flexibility index (Phi) is 3.58. The number of nitrogens with zero attached hydrogens (tertiary/aromatic N) is 2. The first-order valence-electron chi connectivity index (χ1n) is 6.07. The fourth-order valence-electron chi connectivity index (χ4n) is 1.79. The maximum absolute atomic E-state index is 5.30. The van der Waals surface area contributed by atoms with E-state index in [1.165, 1.54) is 17.1 Å². The van der Waals surface area contributed by atoms with Gasteiger partial charge in [0.25, 0.3) is 0 Å². The number of fused-ring (bicyclic) bond motifs is 1. The Morgan fingerprint density at radius 2 is 1.75 bits per heavy atom. The zero-order valence-corrected chi connectivity index (χ0v) is 12.4. The number of anilines is 2. The second kappa shape index (κ2) is 5.52. The van der Waals surface area contributed by atoms with Gasteiger partial charge in [-0.25, -0.2) is 0 Å². The predicted molar refractivity (Wildman–Crippen MR) is 88.4 cm³/mol. The van der Waals surface area contributed by atoms with Gasteiger partial charge in [0.15, 0.2) is 5.11 Å². The lowest BCUT2D eigenvalue weighted by atomic mass is 10.2. The van der Waals surface area contributed by atoms with Crippen LogP contribution in [0.4, 0.5) is 11.4 Å². The molecule has 6 heteroatoms. The highest BCUT2D eigenvalue weighted by molar-refractivity contribution is 7.80. The van der Waals surface area contributed by atoms with Crippen LogP contribution in [0.1, 0.15) is 5.56 Å². The van der Waals surface area contributed by atoms with Gasteiger partial charge in [-0.15, -0.1) is 5.10 Å². The fraction of sp³-hybridized carbons (Fsp3) is 0.0714. The van der Waals surface area contributed by atoms with Gasteiger partial charge in [-0.3, -0.25) is 0 Å². The van der Waals surface area contributed by atoms with Gasteiger partial charge in [0.2, 0.25) is 0 Å². The molecule has 0 atom stereocenters. The molecule has 1 aromatic heterocycles. The van der Waals surface area contributed by atoms with E-state index in [1.54, 1.807) is 0 Å². The van der Waals surface area contributed by atoms with Gasteiger partial charge in [-0.1, -0.05) is 22.2 Å². The minimum atomic E-state index is 0.552. The highest BCUT2D eigenvalue weighted by Crippen LogP contribution is 2.20. The maximum atomic E-state index is 5.30. The molecule has 2 N–H and O–H groups in total. The first-order valence-corrected chi connectivity index (χ1v) is 7.26. The molecular weight excluding hydrogens is 288 g/mol. The first-order chi connectivity index (χ1) is 9.70. The number of hydrogen-bond donors (Lipinski definition) is 2. The molecule has 0 radical (unpaired) electrons. The molecule has 0 unspecified atom stereocenters. The Hall–Kier alpha value is -2.05. The zero-order chi connectivity index (χ0) is 13.9. The lowest BCUT2D eigenvalue weighted by Crippen LogP contribution is -2.18. The number of nitrogens with one attached hydrogen (secondary N) is 2. The van der Waals surface area contributed by atoms with Crippen molar-refractivity contribution in [3.63, 3.8) is 0 Å². The summed E-state index contributed by atoms with van der Waals surface area (Å²) in [6.07, 6.45) is 0. The lowest BCUT2D eigenvalue weighted by molar-refractivity contribution is 1.20. The number of rotatable bonds is 2. The molecule has 0 bridgehead atoms. The highest BCUT2D eigenvalue weighted by Gasteiger charge is 2.02. The Morgan fingerprint density at radius 1 is 1.05 bits per heavy atom. The van der Waals surface area contributed by atoms with Crippen LogP contribution in [0.2, 0.25) is 0 Å². The van der Waals surface area contributed by atoms with E-state index in [2.05, 4.69) is 27.1 Å². The number of hydrogen-bond acceptors (Lipinski definition) is 4. The standard InChI is InChI=1S/C14H12N4S2/c1-9-2-4-10(5-3-9)15-14(19)16-11-6-7-13-12(8-11)17-18-20-13/h2-8H,1H3,(H2,15,16,19). The van der Waals surface area contributed by atoms with E-state index < -0.39 is 0 Å². The third-order valence-electron chi connectivity index (χ3n) is 2.81. The van der Waals surface area contributed by atoms with Gasteiger partial charge in [0.05, 0.1) is 4.70 Å². The molecule has 0 amide bonds. The highest BCUT2D eigenvalue weighted by atomic mass is 32.1. The van der Waals surface area contributed by atoms with Crippen LogP contribution in [0.15, 0.2) is 42.5 Å². The van der Waals surface area contributed by atoms with Crippen molar-refractivity contribution in [1.29, 1.82) is 0 Å². The Labute approximate surface area is 126 Å². The van der Waals surface area contributed by atoms with Crippen molar-refractivity contribution >= 4 is 50.5 Å². The molecule has 100 valence electrons. The molecule has 3 aromatic rings. The SMILES string of the molecule is Cc1ccc(NC(=S)Nc2ccc3snnc3c2)cc1. The largest absolute Gasteiger partial charge is 0.332 e. The van der Waals surface area contributed by atoms with Crippen molar-refractivity contribution in [3.05, 3.63) is 48.0 Å². The molecule has 3 rings (SSSR count). The van der Waals surface area contributed by atoms with Crippen molar-refractivity contribution in [2.75, 3.05) is 10.6 Å². The summed E-state index contributed by atoms with van der Waals surface area (Å²) < 4.78 is 4.98. The van der Waals surface area contributed by atoms with Gasteiger partial charge in [-0.05, 0) is 61.0 Å². The van der Waals surface area contributed by atoms with E-state index in [0.717, 1.165) is 21.6 Å². The second-order valence-electron chi connectivity index (χ2n) is 4.40. The van der Waals surface area contributed by atoms with Crippen LogP contribution < -0.4 is 10.6 Å². The van der Waals surface area contributed by atoms with E-state index >= 15 is 0 Å². The minimum absolute atomic E-state index is 0.552. The summed E-state index contributed by atoms with van der Waals surface area (Å²) in [5, 5.41) is 10.9. The molecule has 1 heterocycles. The summed E-state index contributed by atoms with van der Waals surface area (Å²) in [6, 6.07) is 14.0. The molecule has 0 aliphatic heterocycles. The number of aromatic nitrogens is 2. The summed E-state index contributed by atoms with van der Waals surface area (Å²) >= 11 is 6.68. The molecule has 0 aliphatic rings. The second-order valence-corrected chi connectivity index (χ2v) is 5.59. The van der Waals surface area contributed by atoms with Crippen LogP contribution in [0, 0.1) is 6.92 Å². The molecule has 20 heavy (non-hydrogen) atoms. The van der Waals surface area contributed by atoms with E-state index in [0.29, 0.717) is 5.11 Å². The Morgan fingerprint density at radius 3 is 2.55 bits per heavy atom. The summed E-state index contributed by atoms with van der Waals surface area (Å²) in [7, 11) is 0. The summed E-state index contributed by atoms with van der Waals surface area (Å²) in [5.41, 5.74) is 3.95. The monoisotopic (exact) mass is 300 g/mol. The van der Waals surface area contributed by atoms with Crippen molar-refractivity contribution in [1.82, 2.24) is 9.59 Å². The van der Waals surface area contributed by atoms with E-state index in [1.807, 2.05) is 42.5 Å². The van der Waals surface area contributed by atoms with Gasteiger partial charge in [0.1, 0.15) is 5.52 Å². The molecule has 0 spiro atoms. The van der Waals surface area contributed by atoms with Gasteiger partial charge < -0.3 is 10.6 Å². The van der Waals surface area contributed by atoms with E-state index in [9.17, 15) is 0 Å². The number of thiocarbonyl (C=S) groups is 1.